The SMILES string of the molecule is C=C/C=C\C(=C/C)NC.CO. The van der Waals surface area contributed by atoms with E-state index in [-0.39, 0.29) is 0 Å². The molecule has 0 aliphatic heterocycles. The number of rotatable bonds is 3. The second-order valence-electron chi connectivity index (χ2n) is 1.59. The molecule has 0 heterocycles. The zero-order chi connectivity index (χ0) is 9.11. The molecule has 0 amide bonds. The number of hydrogen-bond acceptors (Lipinski definition) is 2. The van der Waals surface area contributed by atoms with Crippen LogP contribution in [0.15, 0.2) is 36.6 Å². The predicted molar refractivity (Wildman–Crippen MR) is 50.3 cm³/mol. The Hall–Kier alpha value is -1.02. The summed E-state index contributed by atoms with van der Waals surface area (Å²) in [7, 11) is 2.89. The summed E-state index contributed by atoms with van der Waals surface area (Å²) in [6.45, 7) is 5.54. The summed E-state index contributed by atoms with van der Waals surface area (Å²) in [5.74, 6) is 0. The fourth-order valence-corrected chi connectivity index (χ4v) is 0.496. The highest BCUT2D eigenvalue weighted by Crippen LogP contribution is 1.88. The van der Waals surface area contributed by atoms with Crippen molar-refractivity contribution in [2.45, 2.75) is 6.92 Å². The van der Waals surface area contributed by atoms with E-state index >= 15 is 0 Å². The van der Waals surface area contributed by atoms with E-state index in [1.807, 2.05) is 32.2 Å². The van der Waals surface area contributed by atoms with Crippen LogP contribution < -0.4 is 5.32 Å². The van der Waals surface area contributed by atoms with Crippen LogP contribution in [0.5, 0.6) is 0 Å². The van der Waals surface area contributed by atoms with Crippen LogP contribution in [0.2, 0.25) is 0 Å². The smallest absolute Gasteiger partial charge is 0.0319 e. The van der Waals surface area contributed by atoms with Gasteiger partial charge in [-0.3, -0.25) is 0 Å². The number of aliphatic hydroxyl groups excluding tert-OH is 1. The number of allylic oxidation sites excluding steroid dienone is 4. The standard InChI is InChI=1S/C8H13N.CH4O/c1-4-6-7-8(5-2)9-3;1-2/h4-7,9H,1H2,2-3H3;2H,1H3/b7-6-,8-5+;. The molecule has 0 radical (unpaired) electrons. The lowest BCUT2D eigenvalue weighted by Gasteiger charge is -1.95. The molecular formula is C9H17NO. The normalized spacial score (nSPS) is 10.4. The van der Waals surface area contributed by atoms with Crippen LogP contribution in [0.4, 0.5) is 0 Å². The van der Waals surface area contributed by atoms with E-state index in [0.717, 1.165) is 12.8 Å². The molecular weight excluding hydrogens is 138 g/mol. The Morgan fingerprint density at radius 2 is 2.00 bits per heavy atom. The van der Waals surface area contributed by atoms with E-state index in [1.165, 1.54) is 0 Å². The van der Waals surface area contributed by atoms with Crippen molar-refractivity contribution in [2.75, 3.05) is 14.2 Å². The van der Waals surface area contributed by atoms with Crippen molar-refractivity contribution >= 4 is 0 Å². The van der Waals surface area contributed by atoms with Gasteiger partial charge < -0.3 is 10.4 Å². The molecule has 2 nitrogen and oxygen atoms in total. The van der Waals surface area contributed by atoms with E-state index in [1.54, 1.807) is 6.08 Å². The molecule has 0 atom stereocenters. The van der Waals surface area contributed by atoms with Crippen molar-refractivity contribution in [1.82, 2.24) is 5.32 Å². The summed E-state index contributed by atoms with van der Waals surface area (Å²) in [6.07, 6.45) is 7.61. The molecule has 64 valence electrons. The molecule has 2 N–H and O–H groups in total. The minimum atomic E-state index is 1.00. The second kappa shape index (κ2) is 11.7. The van der Waals surface area contributed by atoms with Crippen LogP contribution in [-0.4, -0.2) is 19.3 Å². The molecule has 0 saturated heterocycles. The molecule has 0 aromatic heterocycles. The van der Waals surface area contributed by atoms with E-state index in [9.17, 15) is 0 Å². The van der Waals surface area contributed by atoms with Crippen LogP contribution in [0, 0.1) is 0 Å². The summed E-state index contributed by atoms with van der Waals surface area (Å²) >= 11 is 0. The average Bonchev–Trinajstić information content (AvgIpc) is 2.10. The topological polar surface area (TPSA) is 32.3 Å². The molecule has 0 aliphatic carbocycles. The fourth-order valence-electron chi connectivity index (χ4n) is 0.496. The Morgan fingerprint density at radius 3 is 2.27 bits per heavy atom. The van der Waals surface area contributed by atoms with Crippen LogP contribution in [0.1, 0.15) is 6.92 Å². The third-order valence-electron chi connectivity index (χ3n) is 1.01. The maximum absolute atomic E-state index is 7.00. The monoisotopic (exact) mass is 155 g/mol. The second-order valence-corrected chi connectivity index (χ2v) is 1.59. The van der Waals surface area contributed by atoms with Gasteiger partial charge in [0.05, 0.1) is 0 Å². The maximum Gasteiger partial charge on any atom is 0.0319 e. The Morgan fingerprint density at radius 1 is 1.45 bits per heavy atom. The Kier molecular flexibility index (Phi) is 13.5. The van der Waals surface area contributed by atoms with Crippen molar-refractivity contribution in [3.05, 3.63) is 36.6 Å². The van der Waals surface area contributed by atoms with Gasteiger partial charge in [0.15, 0.2) is 0 Å². The molecule has 0 aromatic carbocycles. The van der Waals surface area contributed by atoms with Crippen molar-refractivity contribution in [1.29, 1.82) is 0 Å². The number of aliphatic hydroxyl groups is 1. The Bertz CT molecular complexity index is 136. The Balaban J connectivity index is 0. The van der Waals surface area contributed by atoms with Crippen molar-refractivity contribution in [3.63, 3.8) is 0 Å². The van der Waals surface area contributed by atoms with Crippen LogP contribution in [0.3, 0.4) is 0 Å². The molecule has 0 spiro atoms. The van der Waals surface area contributed by atoms with Crippen molar-refractivity contribution < 1.29 is 5.11 Å². The van der Waals surface area contributed by atoms with E-state index in [4.69, 9.17) is 5.11 Å². The third-order valence-corrected chi connectivity index (χ3v) is 1.01. The largest absolute Gasteiger partial charge is 0.400 e. The number of likely N-dealkylation sites (N-methyl/N-ethyl adjacent to an activating group) is 1. The molecule has 0 aliphatic rings. The molecule has 0 rings (SSSR count). The van der Waals surface area contributed by atoms with Gasteiger partial charge in [0.2, 0.25) is 0 Å². The van der Waals surface area contributed by atoms with E-state index < -0.39 is 0 Å². The van der Waals surface area contributed by atoms with E-state index in [2.05, 4.69) is 11.9 Å². The highest BCUT2D eigenvalue weighted by molar-refractivity contribution is 5.18. The first-order valence-corrected chi connectivity index (χ1v) is 3.43. The molecule has 0 unspecified atom stereocenters. The van der Waals surface area contributed by atoms with Gasteiger partial charge >= 0.3 is 0 Å². The first-order valence-electron chi connectivity index (χ1n) is 3.43. The highest BCUT2D eigenvalue weighted by Gasteiger charge is 1.77. The number of nitrogens with one attached hydrogen (secondary N) is 1. The van der Waals surface area contributed by atoms with Gasteiger partial charge in [-0.25, -0.2) is 0 Å². The lowest BCUT2D eigenvalue weighted by atomic mass is 10.3. The van der Waals surface area contributed by atoms with Gasteiger partial charge in [0.25, 0.3) is 0 Å². The average molecular weight is 155 g/mol. The quantitative estimate of drug-likeness (QED) is 0.605. The molecule has 0 fully saturated rings. The molecule has 0 saturated carbocycles. The van der Waals surface area contributed by atoms with Crippen LogP contribution in [0.25, 0.3) is 0 Å². The Labute approximate surface area is 68.9 Å². The summed E-state index contributed by atoms with van der Waals surface area (Å²) in [4.78, 5) is 0. The van der Waals surface area contributed by atoms with Gasteiger partial charge in [0.1, 0.15) is 0 Å². The molecule has 11 heavy (non-hydrogen) atoms. The molecule has 0 bridgehead atoms. The minimum Gasteiger partial charge on any atom is -0.400 e. The summed E-state index contributed by atoms with van der Waals surface area (Å²) in [5.41, 5.74) is 1.11. The third kappa shape index (κ3) is 8.98. The zero-order valence-electron chi connectivity index (χ0n) is 7.46. The van der Waals surface area contributed by atoms with E-state index in [0.29, 0.717) is 0 Å². The first kappa shape index (κ1) is 12.6. The summed E-state index contributed by atoms with van der Waals surface area (Å²) in [6, 6.07) is 0. The van der Waals surface area contributed by atoms with Gasteiger partial charge in [0, 0.05) is 19.9 Å². The van der Waals surface area contributed by atoms with Gasteiger partial charge in [-0.2, -0.15) is 0 Å². The van der Waals surface area contributed by atoms with Crippen molar-refractivity contribution in [3.8, 4) is 0 Å². The molecule has 2 heteroatoms. The summed E-state index contributed by atoms with van der Waals surface area (Å²) < 4.78 is 0. The first-order chi connectivity index (χ1) is 5.35. The van der Waals surface area contributed by atoms with Gasteiger partial charge in [-0.05, 0) is 13.0 Å². The van der Waals surface area contributed by atoms with Gasteiger partial charge in [-0.1, -0.05) is 24.8 Å². The van der Waals surface area contributed by atoms with Crippen LogP contribution in [-0.2, 0) is 0 Å². The van der Waals surface area contributed by atoms with Crippen molar-refractivity contribution in [2.24, 2.45) is 0 Å². The minimum absolute atomic E-state index is 1.00. The molecule has 0 aromatic rings. The van der Waals surface area contributed by atoms with Gasteiger partial charge in [-0.15, -0.1) is 0 Å². The maximum atomic E-state index is 7.00. The lowest BCUT2D eigenvalue weighted by Crippen LogP contribution is -2.01. The highest BCUT2D eigenvalue weighted by atomic mass is 16.2. The fraction of sp³-hybridized carbons (Fsp3) is 0.333. The number of hydrogen-bond donors (Lipinski definition) is 2. The zero-order valence-corrected chi connectivity index (χ0v) is 7.46. The predicted octanol–water partition coefficient (Wildman–Crippen LogP) is 1.46. The summed E-state index contributed by atoms with van der Waals surface area (Å²) in [5, 5.41) is 10.0. The van der Waals surface area contributed by atoms with Crippen LogP contribution >= 0.6 is 0 Å². The lowest BCUT2D eigenvalue weighted by molar-refractivity contribution is 0.399.